The van der Waals surface area contributed by atoms with E-state index < -0.39 is 23.8 Å². The Morgan fingerprint density at radius 3 is 2.45 bits per heavy atom. The number of nitrogens with one attached hydrogen (secondary N) is 2. The fraction of sp³-hybridized carbons (Fsp3) is 0.769. The number of imide groups is 1. The Balaban J connectivity index is 2.33. The molecule has 0 bridgehead atoms. The second kappa shape index (κ2) is 7.23. The van der Waals surface area contributed by atoms with Crippen LogP contribution < -0.4 is 10.6 Å². The van der Waals surface area contributed by atoms with Crippen LogP contribution in [0, 0.1) is 17.8 Å². The van der Waals surface area contributed by atoms with Gasteiger partial charge in [-0.15, -0.1) is 0 Å². The Labute approximate surface area is 118 Å². The molecule has 1 aliphatic heterocycles. The van der Waals surface area contributed by atoms with Crippen molar-refractivity contribution in [2.45, 2.75) is 20.8 Å². The predicted octanol–water partition coefficient (Wildman–Crippen LogP) is 0.121. The van der Waals surface area contributed by atoms with Gasteiger partial charge in [-0.1, -0.05) is 20.8 Å². The highest BCUT2D eigenvalue weighted by Crippen LogP contribution is 2.22. The molecule has 0 saturated carbocycles. The molecule has 1 aliphatic rings. The lowest BCUT2D eigenvalue weighted by molar-refractivity contribution is -0.142. The van der Waals surface area contributed by atoms with Gasteiger partial charge in [-0.2, -0.15) is 0 Å². The molecule has 114 valence electrons. The van der Waals surface area contributed by atoms with Crippen LogP contribution in [-0.4, -0.2) is 54.1 Å². The molecule has 0 aliphatic carbocycles. The number of hydrogen-bond donors (Lipinski definition) is 3. The maximum Gasteiger partial charge on any atom is 0.321 e. The molecular formula is C13H23N3O4. The average molecular weight is 285 g/mol. The van der Waals surface area contributed by atoms with Gasteiger partial charge in [0.25, 0.3) is 0 Å². The lowest BCUT2D eigenvalue weighted by atomic mass is 9.99. The Morgan fingerprint density at radius 2 is 1.95 bits per heavy atom. The van der Waals surface area contributed by atoms with Crippen LogP contribution in [-0.2, 0) is 9.59 Å². The summed E-state index contributed by atoms with van der Waals surface area (Å²) in [5, 5.41) is 13.8. The number of carboxylic acids is 1. The van der Waals surface area contributed by atoms with Gasteiger partial charge in [-0.25, -0.2) is 4.79 Å². The Kier molecular flexibility index (Phi) is 5.94. The van der Waals surface area contributed by atoms with Crippen molar-refractivity contribution >= 4 is 17.9 Å². The summed E-state index contributed by atoms with van der Waals surface area (Å²) in [7, 11) is 0. The fourth-order valence-corrected chi connectivity index (χ4v) is 2.23. The minimum absolute atomic E-state index is 0.00932. The largest absolute Gasteiger partial charge is 0.481 e. The number of nitrogens with zero attached hydrogens (tertiary/aromatic N) is 1. The monoisotopic (exact) mass is 285 g/mol. The van der Waals surface area contributed by atoms with E-state index in [-0.39, 0.29) is 12.5 Å². The standard InChI is InChI=1S/C13H23N3O4/c1-8(2)4-14-13(20)15-11(17)7-16-5-9(3)10(6-16)12(18)19/h8-10H,4-7H2,1-3H3,(H,18,19)(H2,14,15,17,20). The van der Waals surface area contributed by atoms with E-state index in [4.69, 9.17) is 5.11 Å². The zero-order chi connectivity index (χ0) is 15.3. The van der Waals surface area contributed by atoms with E-state index in [0.717, 1.165) is 0 Å². The van der Waals surface area contributed by atoms with Gasteiger partial charge in [0.15, 0.2) is 0 Å². The average Bonchev–Trinajstić information content (AvgIpc) is 2.67. The highest BCUT2D eigenvalue weighted by Gasteiger charge is 2.35. The third kappa shape index (κ3) is 5.16. The highest BCUT2D eigenvalue weighted by atomic mass is 16.4. The third-order valence-electron chi connectivity index (χ3n) is 3.30. The van der Waals surface area contributed by atoms with Crippen molar-refractivity contribution in [1.82, 2.24) is 15.5 Å². The minimum Gasteiger partial charge on any atom is -0.481 e. The molecule has 0 aromatic carbocycles. The predicted molar refractivity (Wildman–Crippen MR) is 73.1 cm³/mol. The van der Waals surface area contributed by atoms with E-state index >= 15 is 0 Å². The van der Waals surface area contributed by atoms with Crippen molar-refractivity contribution in [1.29, 1.82) is 0 Å². The first kappa shape index (κ1) is 16.4. The van der Waals surface area contributed by atoms with Crippen LogP contribution in [0.2, 0.25) is 0 Å². The summed E-state index contributed by atoms with van der Waals surface area (Å²) in [6.07, 6.45) is 0. The van der Waals surface area contributed by atoms with Crippen molar-refractivity contribution in [2.75, 3.05) is 26.2 Å². The summed E-state index contributed by atoms with van der Waals surface area (Å²) >= 11 is 0. The number of carboxylic acid groups (broad SMARTS) is 1. The number of carbonyl (C=O) groups excluding carboxylic acids is 2. The van der Waals surface area contributed by atoms with Crippen molar-refractivity contribution < 1.29 is 19.5 Å². The first-order valence-corrected chi connectivity index (χ1v) is 6.82. The lowest BCUT2D eigenvalue weighted by Crippen LogP contribution is -2.45. The molecule has 0 spiro atoms. The van der Waals surface area contributed by atoms with Crippen molar-refractivity contribution in [3.8, 4) is 0 Å². The van der Waals surface area contributed by atoms with Crippen LogP contribution in [0.1, 0.15) is 20.8 Å². The topological polar surface area (TPSA) is 98.7 Å². The summed E-state index contributed by atoms with van der Waals surface area (Å²) < 4.78 is 0. The number of amides is 3. The molecule has 1 fully saturated rings. The van der Waals surface area contributed by atoms with E-state index in [1.807, 2.05) is 20.8 Å². The van der Waals surface area contributed by atoms with Crippen LogP contribution >= 0.6 is 0 Å². The Hall–Kier alpha value is -1.63. The first-order chi connectivity index (χ1) is 9.29. The first-order valence-electron chi connectivity index (χ1n) is 6.82. The number of aliphatic carboxylic acids is 1. The van der Waals surface area contributed by atoms with E-state index in [0.29, 0.717) is 25.6 Å². The Bertz CT molecular complexity index is 384. The Morgan fingerprint density at radius 1 is 1.30 bits per heavy atom. The molecule has 0 aromatic heterocycles. The maximum atomic E-state index is 11.7. The summed E-state index contributed by atoms with van der Waals surface area (Å²) in [6.45, 7) is 7.21. The van der Waals surface area contributed by atoms with Crippen LogP contribution in [0.5, 0.6) is 0 Å². The van der Waals surface area contributed by atoms with Gasteiger partial charge in [-0.3, -0.25) is 19.8 Å². The molecule has 7 heteroatoms. The molecule has 2 unspecified atom stereocenters. The van der Waals surface area contributed by atoms with Gasteiger partial charge in [0, 0.05) is 19.6 Å². The van der Waals surface area contributed by atoms with E-state index in [2.05, 4.69) is 10.6 Å². The maximum absolute atomic E-state index is 11.7. The molecule has 0 aromatic rings. The SMILES string of the molecule is CC(C)CNC(=O)NC(=O)CN1CC(C)C(C(=O)O)C1. The van der Waals surface area contributed by atoms with Crippen molar-refractivity contribution in [3.63, 3.8) is 0 Å². The van der Waals surface area contributed by atoms with E-state index in [1.54, 1.807) is 4.90 Å². The van der Waals surface area contributed by atoms with Gasteiger partial charge >= 0.3 is 12.0 Å². The minimum atomic E-state index is -0.838. The number of urea groups is 1. The van der Waals surface area contributed by atoms with Crippen molar-refractivity contribution in [2.24, 2.45) is 17.8 Å². The molecule has 2 atom stereocenters. The molecule has 20 heavy (non-hydrogen) atoms. The summed E-state index contributed by atoms with van der Waals surface area (Å²) in [5.74, 6) is -1.38. The summed E-state index contributed by atoms with van der Waals surface area (Å²) in [4.78, 5) is 35.8. The summed E-state index contributed by atoms with van der Waals surface area (Å²) in [5.41, 5.74) is 0. The number of carbonyl (C=O) groups is 3. The zero-order valence-electron chi connectivity index (χ0n) is 12.2. The molecule has 1 heterocycles. The van der Waals surface area contributed by atoms with Gasteiger partial charge in [0.05, 0.1) is 12.5 Å². The number of rotatable bonds is 5. The quantitative estimate of drug-likeness (QED) is 0.666. The van der Waals surface area contributed by atoms with Crippen LogP contribution in [0.25, 0.3) is 0 Å². The van der Waals surface area contributed by atoms with Crippen molar-refractivity contribution in [3.05, 3.63) is 0 Å². The van der Waals surface area contributed by atoms with E-state index in [1.165, 1.54) is 0 Å². The summed E-state index contributed by atoms with van der Waals surface area (Å²) in [6, 6.07) is -0.509. The number of likely N-dealkylation sites (tertiary alicyclic amines) is 1. The van der Waals surface area contributed by atoms with Gasteiger partial charge in [0.1, 0.15) is 0 Å². The number of hydrogen-bond acceptors (Lipinski definition) is 4. The second-order valence-electron chi connectivity index (χ2n) is 5.77. The van der Waals surface area contributed by atoms with Gasteiger partial charge in [-0.05, 0) is 11.8 Å². The highest BCUT2D eigenvalue weighted by molar-refractivity contribution is 5.95. The van der Waals surface area contributed by atoms with E-state index in [9.17, 15) is 14.4 Å². The fourth-order valence-electron chi connectivity index (χ4n) is 2.23. The van der Waals surface area contributed by atoms with Gasteiger partial charge in [0.2, 0.25) is 5.91 Å². The molecular weight excluding hydrogens is 262 g/mol. The smallest absolute Gasteiger partial charge is 0.321 e. The second-order valence-corrected chi connectivity index (χ2v) is 5.77. The van der Waals surface area contributed by atoms with Crippen LogP contribution in [0.3, 0.4) is 0 Å². The van der Waals surface area contributed by atoms with Crippen LogP contribution in [0.15, 0.2) is 0 Å². The molecule has 1 saturated heterocycles. The zero-order valence-corrected chi connectivity index (χ0v) is 12.2. The third-order valence-corrected chi connectivity index (χ3v) is 3.30. The lowest BCUT2D eigenvalue weighted by Gasteiger charge is -2.15. The van der Waals surface area contributed by atoms with Gasteiger partial charge < -0.3 is 10.4 Å². The normalized spacial score (nSPS) is 22.8. The van der Waals surface area contributed by atoms with Crippen LogP contribution in [0.4, 0.5) is 4.79 Å². The molecule has 3 N–H and O–H groups in total. The molecule has 0 radical (unpaired) electrons. The molecule has 1 rings (SSSR count). The molecule has 3 amide bonds. The molecule has 7 nitrogen and oxygen atoms in total.